The molecule has 0 aliphatic carbocycles. The van der Waals surface area contributed by atoms with E-state index >= 15 is 0 Å². The Hall–Kier alpha value is -2.34. The van der Waals surface area contributed by atoms with Crippen LogP contribution >= 0.6 is 0 Å². The summed E-state index contributed by atoms with van der Waals surface area (Å²) in [6.07, 6.45) is -0.457. The van der Waals surface area contributed by atoms with Gasteiger partial charge in [0.1, 0.15) is 0 Å². The Labute approximate surface area is 167 Å². The van der Waals surface area contributed by atoms with Gasteiger partial charge in [0, 0.05) is 35.9 Å². The molecule has 0 atom stereocenters. The van der Waals surface area contributed by atoms with Gasteiger partial charge in [-0.3, -0.25) is 15.4 Å². The van der Waals surface area contributed by atoms with Crippen LogP contribution in [0, 0.1) is 0 Å². The van der Waals surface area contributed by atoms with Gasteiger partial charge in [0.2, 0.25) is 10.0 Å². The summed E-state index contributed by atoms with van der Waals surface area (Å²) in [6.45, 7) is 0.382. The minimum absolute atomic E-state index is 0.0206. The van der Waals surface area contributed by atoms with Gasteiger partial charge in [-0.1, -0.05) is 18.2 Å². The Kier molecular flexibility index (Phi) is 6.96. The van der Waals surface area contributed by atoms with Gasteiger partial charge < -0.3 is 15.2 Å². The van der Waals surface area contributed by atoms with Crippen molar-refractivity contribution in [3.05, 3.63) is 52.8 Å². The SMILES string of the molecule is O=c1[nH]c2ccc(S(=O)(=O)NCC(NCCO)NCCO)cc2c2ccccc12. The van der Waals surface area contributed by atoms with Crippen LogP contribution in [-0.2, 0) is 10.0 Å². The highest BCUT2D eigenvalue weighted by molar-refractivity contribution is 7.89. The molecule has 0 amide bonds. The number of aliphatic hydroxyl groups excluding tert-OH is 2. The van der Waals surface area contributed by atoms with E-state index in [0.717, 1.165) is 0 Å². The third-order valence-corrected chi connectivity index (χ3v) is 5.92. The fourth-order valence-electron chi connectivity index (χ4n) is 3.10. The summed E-state index contributed by atoms with van der Waals surface area (Å²) in [5.74, 6) is 0. The predicted octanol–water partition coefficient (Wildman–Crippen LogP) is -0.550. The van der Waals surface area contributed by atoms with Crippen LogP contribution < -0.4 is 20.9 Å². The van der Waals surface area contributed by atoms with Crippen LogP contribution in [0.1, 0.15) is 0 Å². The number of aromatic amines is 1. The molecule has 0 fully saturated rings. The molecule has 3 rings (SSSR count). The first-order valence-corrected chi connectivity index (χ1v) is 10.7. The van der Waals surface area contributed by atoms with Gasteiger partial charge in [0.15, 0.2) is 0 Å². The smallest absolute Gasteiger partial charge is 0.256 e. The molecular formula is C19H24N4O5S. The molecule has 29 heavy (non-hydrogen) atoms. The molecule has 1 aromatic heterocycles. The normalized spacial score (nSPS) is 12.2. The Morgan fingerprint density at radius 1 is 0.931 bits per heavy atom. The maximum absolute atomic E-state index is 12.8. The second kappa shape index (κ2) is 9.44. The maximum Gasteiger partial charge on any atom is 0.256 e. The van der Waals surface area contributed by atoms with E-state index in [-0.39, 0.29) is 43.3 Å². The van der Waals surface area contributed by atoms with Crippen molar-refractivity contribution < 1.29 is 18.6 Å². The lowest BCUT2D eigenvalue weighted by Gasteiger charge is -2.20. The molecular weight excluding hydrogens is 396 g/mol. The molecule has 1 heterocycles. The zero-order chi connectivity index (χ0) is 20.9. The Balaban J connectivity index is 1.89. The molecule has 6 N–H and O–H groups in total. The average molecular weight is 420 g/mol. The molecule has 156 valence electrons. The van der Waals surface area contributed by atoms with Gasteiger partial charge in [-0.2, -0.15) is 0 Å². The standard InChI is InChI=1S/C19H24N4O5S/c24-9-7-20-18(21-8-10-25)12-22-29(27,28)13-5-6-17-16(11-13)14-3-1-2-4-15(14)19(26)23-17/h1-6,11,18,20-22,24-25H,7-10,12H2,(H,23,26). The number of pyridine rings is 1. The first-order valence-electron chi connectivity index (χ1n) is 9.19. The molecule has 0 bridgehead atoms. The number of sulfonamides is 1. The fourth-order valence-corrected chi connectivity index (χ4v) is 4.17. The quantitative estimate of drug-likeness (QED) is 0.191. The van der Waals surface area contributed by atoms with Crippen LogP contribution in [0.2, 0.25) is 0 Å². The maximum atomic E-state index is 12.8. The number of H-pyrrole nitrogens is 1. The average Bonchev–Trinajstić information content (AvgIpc) is 2.73. The second-order valence-corrected chi connectivity index (χ2v) is 8.23. The first kappa shape index (κ1) is 21.4. The van der Waals surface area contributed by atoms with Gasteiger partial charge in [-0.15, -0.1) is 0 Å². The number of hydrogen-bond donors (Lipinski definition) is 6. The Morgan fingerprint density at radius 3 is 2.24 bits per heavy atom. The third-order valence-electron chi connectivity index (χ3n) is 4.49. The summed E-state index contributed by atoms with van der Waals surface area (Å²) < 4.78 is 28.1. The molecule has 0 spiro atoms. The van der Waals surface area contributed by atoms with Crippen molar-refractivity contribution in [2.75, 3.05) is 32.8 Å². The van der Waals surface area contributed by atoms with Crippen molar-refractivity contribution in [1.29, 1.82) is 0 Å². The minimum atomic E-state index is -3.82. The van der Waals surface area contributed by atoms with Crippen LogP contribution in [0.4, 0.5) is 0 Å². The molecule has 2 aromatic carbocycles. The van der Waals surface area contributed by atoms with E-state index in [1.54, 1.807) is 30.3 Å². The number of nitrogens with one attached hydrogen (secondary N) is 4. The zero-order valence-corrected chi connectivity index (χ0v) is 16.5. The largest absolute Gasteiger partial charge is 0.395 e. The highest BCUT2D eigenvalue weighted by Crippen LogP contribution is 2.24. The van der Waals surface area contributed by atoms with Gasteiger partial charge in [-0.05, 0) is 29.7 Å². The van der Waals surface area contributed by atoms with Crippen molar-refractivity contribution in [3.63, 3.8) is 0 Å². The highest BCUT2D eigenvalue weighted by atomic mass is 32.2. The van der Waals surface area contributed by atoms with E-state index in [4.69, 9.17) is 10.2 Å². The monoisotopic (exact) mass is 420 g/mol. The van der Waals surface area contributed by atoms with E-state index in [1.807, 2.05) is 0 Å². The molecule has 0 unspecified atom stereocenters. The van der Waals surface area contributed by atoms with E-state index in [1.165, 1.54) is 12.1 Å². The number of aromatic nitrogens is 1. The van der Waals surface area contributed by atoms with Crippen LogP contribution in [-0.4, -0.2) is 62.6 Å². The summed E-state index contributed by atoms with van der Waals surface area (Å²) >= 11 is 0. The van der Waals surface area contributed by atoms with Crippen molar-refractivity contribution in [2.24, 2.45) is 0 Å². The van der Waals surface area contributed by atoms with E-state index in [9.17, 15) is 13.2 Å². The number of aliphatic hydroxyl groups is 2. The van der Waals surface area contributed by atoms with Crippen molar-refractivity contribution in [2.45, 2.75) is 11.1 Å². The van der Waals surface area contributed by atoms with Crippen LogP contribution in [0.3, 0.4) is 0 Å². The molecule has 0 saturated carbocycles. The number of hydrogen-bond acceptors (Lipinski definition) is 7. The molecule has 0 saturated heterocycles. The number of rotatable bonds is 10. The van der Waals surface area contributed by atoms with Crippen LogP contribution in [0.15, 0.2) is 52.2 Å². The zero-order valence-electron chi connectivity index (χ0n) is 15.7. The summed E-state index contributed by atoms with van der Waals surface area (Å²) in [5, 5.41) is 25.6. The summed E-state index contributed by atoms with van der Waals surface area (Å²) in [4.78, 5) is 15.0. The number of benzene rings is 2. The lowest BCUT2D eigenvalue weighted by molar-refractivity contribution is 0.258. The first-order chi connectivity index (χ1) is 14.0. The van der Waals surface area contributed by atoms with E-state index in [0.29, 0.717) is 21.7 Å². The van der Waals surface area contributed by atoms with Gasteiger partial charge in [0.05, 0.1) is 24.3 Å². The number of fused-ring (bicyclic) bond motifs is 3. The van der Waals surface area contributed by atoms with Crippen molar-refractivity contribution in [3.8, 4) is 0 Å². The van der Waals surface area contributed by atoms with Crippen molar-refractivity contribution >= 4 is 31.7 Å². The summed E-state index contributed by atoms with van der Waals surface area (Å²) in [7, 11) is -3.82. The van der Waals surface area contributed by atoms with E-state index < -0.39 is 16.2 Å². The van der Waals surface area contributed by atoms with E-state index in [2.05, 4.69) is 20.3 Å². The highest BCUT2D eigenvalue weighted by Gasteiger charge is 2.18. The van der Waals surface area contributed by atoms with Gasteiger partial charge in [-0.25, -0.2) is 13.1 Å². The van der Waals surface area contributed by atoms with Crippen LogP contribution in [0.25, 0.3) is 21.7 Å². The molecule has 0 aliphatic heterocycles. The van der Waals surface area contributed by atoms with Gasteiger partial charge >= 0.3 is 0 Å². The summed E-state index contributed by atoms with van der Waals surface area (Å²) in [5.41, 5.74) is 0.328. The lowest BCUT2D eigenvalue weighted by Crippen LogP contribution is -2.51. The minimum Gasteiger partial charge on any atom is -0.395 e. The Bertz CT molecular complexity index is 1140. The molecule has 9 nitrogen and oxygen atoms in total. The predicted molar refractivity (Wildman–Crippen MR) is 111 cm³/mol. The van der Waals surface area contributed by atoms with Crippen molar-refractivity contribution in [1.82, 2.24) is 20.3 Å². The molecule has 0 aliphatic rings. The lowest BCUT2D eigenvalue weighted by atomic mass is 10.1. The fraction of sp³-hybridized carbons (Fsp3) is 0.316. The summed E-state index contributed by atoms with van der Waals surface area (Å²) in [6, 6.07) is 11.6. The molecule has 10 heteroatoms. The Morgan fingerprint density at radius 2 is 1.59 bits per heavy atom. The molecule has 3 aromatic rings. The topological polar surface area (TPSA) is 144 Å². The third kappa shape index (κ3) is 4.99. The van der Waals surface area contributed by atoms with Gasteiger partial charge in [0.25, 0.3) is 5.56 Å². The second-order valence-electron chi connectivity index (χ2n) is 6.47. The van der Waals surface area contributed by atoms with Crippen LogP contribution in [0.5, 0.6) is 0 Å². The molecule has 0 radical (unpaired) electrons.